The topological polar surface area (TPSA) is 63.1 Å². The van der Waals surface area contributed by atoms with Gasteiger partial charge in [-0.05, 0) is 68.5 Å². The minimum Gasteiger partial charge on any atom is -0.339 e. The monoisotopic (exact) mass is 325 g/mol. The number of likely N-dealkylation sites (tertiary alicyclic amines) is 1. The number of benzene rings is 1. The first-order valence-electron chi connectivity index (χ1n) is 8.68. The summed E-state index contributed by atoms with van der Waals surface area (Å²) in [6, 6.07) is 5.82. The first kappa shape index (κ1) is 15.3. The van der Waals surface area contributed by atoms with Crippen molar-refractivity contribution < 1.29 is 4.79 Å². The Balaban J connectivity index is 1.51. The van der Waals surface area contributed by atoms with Crippen LogP contribution in [0.25, 0.3) is 5.69 Å². The average molecular weight is 325 g/mol. The predicted octanol–water partition coefficient (Wildman–Crippen LogP) is 1.65. The summed E-state index contributed by atoms with van der Waals surface area (Å²) >= 11 is 0. The van der Waals surface area contributed by atoms with Crippen LogP contribution in [-0.2, 0) is 0 Å². The summed E-state index contributed by atoms with van der Waals surface area (Å²) in [6.45, 7) is 5.96. The number of aryl methyl sites for hydroxylation is 1. The summed E-state index contributed by atoms with van der Waals surface area (Å²) in [7, 11) is 0. The molecule has 6 nitrogen and oxygen atoms in total. The van der Waals surface area contributed by atoms with E-state index in [1.807, 2.05) is 30.0 Å². The van der Waals surface area contributed by atoms with Crippen LogP contribution in [0.1, 0.15) is 28.8 Å². The van der Waals surface area contributed by atoms with Gasteiger partial charge in [-0.25, -0.2) is 9.67 Å². The Morgan fingerprint density at radius 2 is 1.96 bits per heavy atom. The standard InChI is InChI=1S/C18H23N5O/c1-13-8-14(2-3-17(13)23-12-20-11-21-23)18(24)22-6-4-15-9-19-10-16(15)5-7-22/h2-3,8,11-12,15-16,19H,4-7,9-10H2,1H3/t15-,16+. The van der Waals surface area contributed by atoms with Crippen molar-refractivity contribution in [1.29, 1.82) is 0 Å². The molecule has 1 amide bonds. The first-order valence-corrected chi connectivity index (χ1v) is 8.68. The van der Waals surface area contributed by atoms with Crippen LogP contribution in [0.2, 0.25) is 0 Å². The molecule has 0 radical (unpaired) electrons. The van der Waals surface area contributed by atoms with Crippen molar-refractivity contribution in [1.82, 2.24) is 25.0 Å². The first-order chi connectivity index (χ1) is 11.7. The van der Waals surface area contributed by atoms with Gasteiger partial charge in [0.2, 0.25) is 0 Å². The summed E-state index contributed by atoms with van der Waals surface area (Å²) in [5.74, 6) is 1.62. The Labute approximate surface area is 141 Å². The number of nitrogens with one attached hydrogen (secondary N) is 1. The van der Waals surface area contributed by atoms with Crippen molar-refractivity contribution in [2.24, 2.45) is 11.8 Å². The van der Waals surface area contributed by atoms with Crippen molar-refractivity contribution in [2.75, 3.05) is 26.2 Å². The third kappa shape index (κ3) is 2.82. The summed E-state index contributed by atoms with van der Waals surface area (Å²) < 4.78 is 1.73. The highest BCUT2D eigenvalue weighted by Crippen LogP contribution is 2.28. The molecular formula is C18H23N5O. The number of amides is 1. The molecule has 2 fully saturated rings. The lowest BCUT2D eigenvalue weighted by Crippen LogP contribution is -2.32. The quantitative estimate of drug-likeness (QED) is 0.912. The third-order valence-corrected chi connectivity index (χ3v) is 5.42. The van der Waals surface area contributed by atoms with E-state index in [1.54, 1.807) is 11.0 Å². The van der Waals surface area contributed by atoms with Crippen molar-refractivity contribution in [2.45, 2.75) is 19.8 Å². The zero-order chi connectivity index (χ0) is 16.5. The van der Waals surface area contributed by atoms with E-state index in [0.29, 0.717) is 0 Å². The zero-order valence-electron chi connectivity index (χ0n) is 14.0. The van der Waals surface area contributed by atoms with Crippen LogP contribution in [0.4, 0.5) is 0 Å². The largest absolute Gasteiger partial charge is 0.339 e. The lowest BCUT2D eigenvalue weighted by atomic mass is 9.92. The summed E-state index contributed by atoms with van der Waals surface area (Å²) in [6.07, 6.45) is 5.41. The van der Waals surface area contributed by atoms with Crippen LogP contribution >= 0.6 is 0 Å². The van der Waals surface area contributed by atoms with Gasteiger partial charge in [0.1, 0.15) is 12.7 Å². The molecule has 3 heterocycles. The molecule has 0 spiro atoms. The fourth-order valence-electron chi connectivity index (χ4n) is 3.98. The Kier molecular flexibility index (Phi) is 4.06. The Bertz CT molecular complexity index is 713. The second kappa shape index (κ2) is 6.36. The highest BCUT2D eigenvalue weighted by Gasteiger charge is 2.31. The lowest BCUT2D eigenvalue weighted by Gasteiger charge is -2.21. The smallest absolute Gasteiger partial charge is 0.253 e. The molecule has 2 aliphatic heterocycles. The number of carbonyl (C=O) groups is 1. The molecule has 1 N–H and O–H groups in total. The van der Waals surface area contributed by atoms with Crippen LogP contribution in [-0.4, -0.2) is 51.8 Å². The summed E-state index contributed by atoms with van der Waals surface area (Å²) in [4.78, 5) is 18.9. The Morgan fingerprint density at radius 1 is 1.21 bits per heavy atom. The highest BCUT2D eigenvalue weighted by molar-refractivity contribution is 5.94. The van der Waals surface area contributed by atoms with Gasteiger partial charge in [-0.3, -0.25) is 4.79 Å². The molecule has 0 saturated carbocycles. The van der Waals surface area contributed by atoms with Gasteiger partial charge < -0.3 is 10.2 Å². The maximum Gasteiger partial charge on any atom is 0.253 e. The van der Waals surface area contributed by atoms with E-state index < -0.39 is 0 Å². The van der Waals surface area contributed by atoms with Gasteiger partial charge in [-0.1, -0.05) is 0 Å². The molecule has 0 unspecified atom stereocenters. The molecule has 0 aliphatic carbocycles. The second-order valence-electron chi connectivity index (χ2n) is 6.89. The van der Waals surface area contributed by atoms with E-state index in [-0.39, 0.29) is 5.91 Å². The third-order valence-electron chi connectivity index (χ3n) is 5.42. The van der Waals surface area contributed by atoms with Crippen molar-refractivity contribution in [3.05, 3.63) is 42.0 Å². The van der Waals surface area contributed by atoms with Gasteiger partial charge in [0.05, 0.1) is 5.69 Å². The van der Waals surface area contributed by atoms with E-state index in [0.717, 1.165) is 67.7 Å². The Hall–Kier alpha value is -2.21. The van der Waals surface area contributed by atoms with Crippen molar-refractivity contribution >= 4 is 5.91 Å². The van der Waals surface area contributed by atoms with Crippen LogP contribution in [0.5, 0.6) is 0 Å². The maximum absolute atomic E-state index is 12.9. The number of hydrogen-bond donors (Lipinski definition) is 1. The van der Waals surface area contributed by atoms with Crippen LogP contribution in [0.3, 0.4) is 0 Å². The van der Waals surface area contributed by atoms with Crippen molar-refractivity contribution in [3.63, 3.8) is 0 Å². The lowest BCUT2D eigenvalue weighted by molar-refractivity contribution is 0.0758. The molecule has 2 aliphatic rings. The molecule has 126 valence electrons. The van der Waals surface area contributed by atoms with E-state index in [9.17, 15) is 4.79 Å². The van der Waals surface area contributed by atoms with E-state index in [4.69, 9.17) is 0 Å². The van der Waals surface area contributed by atoms with Crippen LogP contribution in [0, 0.1) is 18.8 Å². The number of hydrogen-bond acceptors (Lipinski definition) is 4. The van der Waals surface area contributed by atoms with Gasteiger partial charge in [0.15, 0.2) is 0 Å². The predicted molar refractivity (Wildman–Crippen MR) is 91.1 cm³/mol. The van der Waals surface area contributed by atoms with Crippen LogP contribution in [0.15, 0.2) is 30.9 Å². The van der Waals surface area contributed by atoms with E-state index in [1.165, 1.54) is 6.33 Å². The molecule has 1 aromatic heterocycles. The number of fused-ring (bicyclic) bond motifs is 1. The molecule has 2 atom stereocenters. The van der Waals surface area contributed by atoms with E-state index in [2.05, 4.69) is 15.4 Å². The van der Waals surface area contributed by atoms with Gasteiger partial charge >= 0.3 is 0 Å². The molecule has 0 bridgehead atoms. The molecular weight excluding hydrogens is 302 g/mol. The molecule has 1 aromatic carbocycles. The molecule has 6 heteroatoms. The SMILES string of the molecule is Cc1cc(C(=O)N2CC[C@@H]3CNC[C@@H]3CC2)ccc1-n1cncn1. The molecule has 24 heavy (non-hydrogen) atoms. The minimum atomic E-state index is 0.149. The van der Waals surface area contributed by atoms with Crippen molar-refractivity contribution in [3.8, 4) is 5.69 Å². The molecule has 4 rings (SSSR count). The van der Waals surface area contributed by atoms with E-state index >= 15 is 0 Å². The average Bonchev–Trinajstić information content (AvgIpc) is 3.23. The number of carbonyl (C=O) groups excluding carboxylic acids is 1. The minimum absolute atomic E-state index is 0.149. The zero-order valence-corrected chi connectivity index (χ0v) is 14.0. The fraction of sp³-hybridized carbons (Fsp3) is 0.500. The number of aromatic nitrogens is 3. The normalized spacial score (nSPS) is 23.8. The maximum atomic E-state index is 12.9. The van der Waals surface area contributed by atoms with Gasteiger partial charge in [-0.15, -0.1) is 0 Å². The van der Waals surface area contributed by atoms with Gasteiger partial charge in [0.25, 0.3) is 5.91 Å². The van der Waals surface area contributed by atoms with Crippen LogP contribution < -0.4 is 5.32 Å². The molecule has 2 aromatic rings. The Morgan fingerprint density at radius 3 is 2.58 bits per heavy atom. The fourth-order valence-corrected chi connectivity index (χ4v) is 3.98. The highest BCUT2D eigenvalue weighted by atomic mass is 16.2. The summed E-state index contributed by atoms with van der Waals surface area (Å²) in [5, 5.41) is 7.64. The summed E-state index contributed by atoms with van der Waals surface area (Å²) in [5.41, 5.74) is 2.75. The molecule has 2 saturated heterocycles. The van der Waals surface area contributed by atoms with Gasteiger partial charge in [0, 0.05) is 18.7 Å². The number of rotatable bonds is 2. The number of nitrogens with zero attached hydrogens (tertiary/aromatic N) is 4. The second-order valence-corrected chi connectivity index (χ2v) is 6.89. The van der Waals surface area contributed by atoms with Gasteiger partial charge in [-0.2, -0.15) is 5.10 Å².